The number of allylic oxidation sites excluding steroid dienone is 4. The Morgan fingerprint density at radius 3 is 2.59 bits per heavy atom. The van der Waals surface area contributed by atoms with Crippen LogP contribution < -0.4 is 0 Å². The minimum absolute atomic E-state index is 0.334. The van der Waals surface area contributed by atoms with Gasteiger partial charge in [0.05, 0.1) is 0 Å². The Bertz CT molecular complexity index is 426. The number of Topliss-reactive ketones (excluding diaryl/α,β-unsaturated/α-hetero) is 1. The second-order valence-corrected chi connectivity index (χ2v) is 4.44. The lowest BCUT2D eigenvalue weighted by atomic mass is 9.93. The predicted molar refractivity (Wildman–Crippen MR) is 70.8 cm³/mol. The maximum absolute atomic E-state index is 11.6. The third-order valence-electron chi connectivity index (χ3n) is 3.09. The lowest BCUT2D eigenvalue weighted by Gasteiger charge is -2.11. The fourth-order valence-electron chi connectivity index (χ4n) is 2.08. The number of carbonyl (C=O) groups excluding carboxylic acids is 1. The summed E-state index contributed by atoms with van der Waals surface area (Å²) in [6.45, 7) is 0. The summed E-state index contributed by atoms with van der Waals surface area (Å²) in [5, 5.41) is 0. The van der Waals surface area contributed by atoms with E-state index in [2.05, 4.69) is 18.2 Å². The summed E-state index contributed by atoms with van der Waals surface area (Å²) in [5.74, 6) is 0.334. The first-order valence-electron chi connectivity index (χ1n) is 6.29. The number of carbonyl (C=O) groups is 1. The van der Waals surface area contributed by atoms with Gasteiger partial charge in [0.15, 0.2) is 5.78 Å². The van der Waals surface area contributed by atoms with Gasteiger partial charge in [-0.05, 0) is 36.8 Å². The number of rotatable bonds is 3. The van der Waals surface area contributed by atoms with Crippen molar-refractivity contribution in [1.82, 2.24) is 0 Å². The van der Waals surface area contributed by atoms with E-state index < -0.39 is 0 Å². The molecule has 0 radical (unpaired) electrons. The van der Waals surface area contributed by atoms with Crippen LogP contribution in [0.2, 0.25) is 0 Å². The Kier molecular flexibility index (Phi) is 4.31. The van der Waals surface area contributed by atoms with Crippen molar-refractivity contribution in [1.29, 1.82) is 0 Å². The van der Waals surface area contributed by atoms with Gasteiger partial charge in [0.25, 0.3) is 0 Å². The highest BCUT2D eigenvalue weighted by Gasteiger charge is 2.13. The molecule has 0 N–H and O–H groups in total. The molecule has 0 aromatic heterocycles. The van der Waals surface area contributed by atoms with Crippen LogP contribution in [-0.4, -0.2) is 5.78 Å². The van der Waals surface area contributed by atoms with Crippen molar-refractivity contribution in [3.05, 3.63) is 59.7 Å². The summed E-state index contributed by atoms with van der Waals surface area (Å²) in [4.78, 5) is 11.6. The van der Waals surface area contributed by atoms with Crippen LogP contribution in [0.3, 0.4) is 0 Å². The molecule has 17 heavy (non-hydrogen) atoms. The summed E-state index contributed by atoms with van der Waals surface area (Å²) in [6.07, 6.45) is 11.0. The van der Waals surface area contributed by atoms with E-state index in [0.29, 0.717) is 5.78 Å². The van der Waals surface area contributed by atoms with Gasteiger partial charge in [0, 0.05) is 6.42 Å². The van der Waals surface area contributed by atoms with Gasteiger partial charge in [-0.25, -0.2) is 0 Å². The summed E-state index contributed by atoms with van der Waals surface area (Å²) < 4.78 is 0. The number of benzene rings is 1. The van der Waals surface area contributed by atoms with Crippen LogP contribution in [0, 0.1) is 0 Å². The van der Waals surface area contributed by atoms with Gasteiger partial charge in [0.2, 0.25) is 0 Å². The van der Waals surface area contributed by atoms with Crippen LogP contribution in [0.4, 0.5) is 0 Å². The van der Waals surface area contributed by atoms with E-state index in [4.69, 9.17) is 0 Å². The zero-order valence-corrected chi connectivity index (χ0v) is 10.1. The Morgan fingerprint density at radius 1 is 1.06 bits per heavy atom. The van der Waals surface area contributed by atoms with Gasteiger partial charge in [-0.3, -0.25) is 4.79 Å². The van der Waals surface area contributed by atoms with Gasteiger partial charge in [-0.2, -0.15) is 0 Å². The van der Waals surface area contributed by atoms with E-state index in [9.17, 15) is 4.79 Å². The standard InChI is InChI=1S/C16H18O/c17-16-13-7-6-12-15(16)11-5-4-10-14-8-2-1-3-9-14/h1-5,8-9,11H,6-7,10,12-13H2/b5-4+,15-11+. The smallest absolute Gasteiger partial charge is 0.158 e. The molecular formula is C16H18O. The highest BCUT2D eigenvalue weighted by atomic mass is 16.1. The molecule has 0 bridgehead atoms. The summed E-state index contributed by atoms with van der Waals surface area (Å²) in [5.41, 5.74) is 2.30. The largest absolute Gasteiger partial charge is 0.295 e. The van der Waals surface area contributed by atoms with Crippen molar-refractivity contribution in [2.24, 2.45) is 0 Å². The minimum Gasteiger partial charge on any atom is -0.295 e. The van der Waals surface area contributed by atoms with Crippen molar-refractivity contribution in [3.63, 3.8) is 0 Å². The quantitative estimate of drug-likeness (QED) is 0.715. The van der Waals surface area contributed by atoms with Crippen molar-refractivity contribution in [2.75, 3.05) is 0 Å². The second kappa shape index (κ2) is 6.19. The van der Waals surface area contributed by atoms with Crippen molar-refractivity contribution >= 4 is 5.78 Å². The topological polar surface area (TPSA) is 17.1 Å². The molecule has 0 atom stereocenters. The van der Waals surface area contributed by atoms with Crippen LogP contribution in [0.15, 0.2) is 54.1 Å². The van der Waals surface area contributed by atoms with E-state index in [1.807, 2.05) is 30.4 Å². The average Bonchev–Trinajstić information content (AvgIpc) is 2.38. The molecule has 1 aliphatic rings. The average molecular weight is 226 g/mol. The summed E-state index contributed by atoms with van der Waals surface area (Å²) >= 11 is 0. The number of hydrogen-bond acceptors (Lipinski definition) is 1. The van der Waals surface area contributed by atoms with Crippen LogP contribution in [-0.2, 0) is 11.2 Å². The highest BCUT2D eigenvalue weighted by Crippen LogP contribution is 2.19. The lowest BCUT2D eigenvalue weighted by molar-refractivity contribution is -0.116. The zero-order chi connectivity index (χ0) is 11.9. The van der Waals surface area contributed by atoms with Crippen LogP contribution in [0.25, 0.3) is 0 Å². The molecule has 0 saturated heterocycles. The van der Waals surface area contributed by atoms with Gasteiger partial charge >= 0.3 is 0 Å². The molecule has 1 saturated carbocycles. The summed E-state index contributed by atoms with van der Waals surface area (Å²) in [6, 6.07) is 10.3. The number of hydrogen-bond donors (Lipinski definition) is 0. The van der Waals surface area contributed by atoms with Gasteiger partial charge in [0.1, 0.15) is 0 Å². The molecule has 88 valence electrons. The molecule has 0 unspecified atom stereocenters. The van der Waals surface area contributed by atoms with Crippen molar-refractivity contribution in [3.8, 4) is 0 Å². The third-order valence-corrected chi connectivity index (χ3v) is 3.09. The summed E-state index contributed by atoms with van der Waals surface area (Å²) in [7, 11) is 0. The van der Waals surface area contributed by atoms with E-state index in [-0.39, 0.29) is 0 Å². The molecule has 0 heterocycles. The van der Waals surface area contributed by atoms with Crippen molar-refractivity contribution < 1.29 is 4.79 Å². The maximum Gasteiger partial charge on any atom is 0.158 e. The first kappa shape index (κ1) is 11.8. The molecule has 1 fully saturated rings. The van der Waals surface area contributed by atoms with E-state index in [1.165, 1.54) is 5.56 Å². The van der Waals surface area contributed by atoms with E-state index in [1.54, 1.807) is 0 Å². The first-order chi connectivity index (χ1) is 8.36. The second-order valence-electron chi connectivity index (χ2n) is 4.44. The SMILES string of the molecule is O=C1CCCC/C1=C\C=C\Cc1ccccc1. The monoisotopic (exact) mass is 226 g/mol. The first-order valence-corrected chi connectivity index (χ1v) is 6.29. The third kappa shape index (κ3) is 3.70. The molecule has 2 rings (SSSR count). The lowest BCUT2D eigenvalue weighted by Crippen LogP contribution is -2.07. The molecule has 1 aromatic carbocycles. The van der Waals surface area contributed by atoms with Gasteiger partial charge in [-0.15, -0.1) is 0 Å². The Hall–Kier alpha value is -1.63. The maximum atomic E-state index is 11.6. The molecule has 0 aliphatic heterocycles. The van der Waals surface area contributed by atoms with Crippen LogP contribution >= 0.6 is 0 Å². The predicted octanol–water partition coefficient (Wildman–Crippen LogP) is 3.85. The fraction of sp³-hybridized carbons (Fsp3) is 0.312. The van der Waals surface area contributed by atoms with E-state index >= 15 is 0 Å². The van der Waals surface area contributed by atoms with Crippen LogP contribution in [0.1, 0.15) is 31.2 Å². The molecular weight excluding hydrogens is 208 g/mol. The van der Waals surface area contributed by atoms with E-state index in [0.717, 1.165) is 37.7 Å². The Labute approximate surface area is 103 Å². The molecule has 0 amide bonds. The molecule has 1 nitrogen and oxygen atoms in total. The molecule has 1 aromatic rings. The molecule has 1 heteroatoms. The fourth-order valence-corrected chi connectivity index (χ4v) is 2.08. The minimum atomic E-state index is 0.334. The number of ketones is 1. The van der Waals surface area contributed by atoms with Crippen LogP contribution in [0.5, 0.6) is 0 Å². The molecule has 0 spiro atoms. The molecule has 1 aliphatic carbocycles. The normalized spacial score (nSPS) is 19.1. The van der Waals surface area contributed by atoms with Gasteiger partial charge in [-0.1, -0.05) is 48.6 Å². The Morgan fingerprint density at radius 2 is 1.82 bits per heavy atom. The van der Waals surface area contributed by atoms with Gasteiger partial charge < -0.3 is 0 Å². The van der Waals surface area contributed by atoms with Crippen molar-refractivity contribution in [2.45, 2.75) is 32.1 Å². The Balaban J connectivity index is 1.89. The highest BCUT2D eigenvalue weighted by molar-refractivity contribution is 5.96. The zero-order valence-electron chi connectivity index (χ0n) is 10.1.